The molecule has 4 rings (SSSR count). The average Bonchev–Trinajstić information content (AvgIpc) is 3.36. The molecule has 2 saturated heterocycles. The molecule has 1 atom stereocenters. The Morgan fingerprint density at radius 3 is 2.74 bits per heavy atom. The molecule has 0 aliphatic carbocycles. The van der Waals surface area contributed by atoms with E-state index in [9.17, 15) is 9.59 Å². The van der Waals surface area contributed by atoms with Gasteiger partial charge in [-0.15, -0.1) is 10.2 Å². The minimum Gasteiger partial charge on any atom is -0.352 e. The molecule has 0 spiro atoms. The zero-order valence-corrected chi connectivity index (χ0v) is 16.0. The molecule has 1 aromatic carbocycles. The number of nitrogens with zero attached hydrogens (tertiary/aromatic N) is 4. The molecule has 2 aliphatic heterocycles. The number of anilines is 2. The summed E-state index contributed by atoms with van der Waals surface area (Å²) in [7, 11) is 0. The largest absolute Gasteiger partial charge is 0.352 e. The number of piperidine rings is 1. The minimum atomic E-state index is -0.0526. The summed E-state index contributed by atoms with van der Waals surface area (Å²) in [5.74, 6) is 0.153. The molecule has 142 valence electrons. The van der Waals surface area contributed by atoms with Crippen molar-refractivity contribution < 1.29 is 9.59 Å². The van der Waals surface area contributed by atoms with Gasteiger partial charge in [-0.1, -0.05) is 41.7 Å². The van der Waals surface area contributed by atoms with Crippen LogP contribution in [0, 0.1) is 5.92 Å². The molecular formula is C19H23N5O2S. The van der Waals surface area contributed by atoms with Gasteiger partial charge in [-0.3, -0.25) is 14.5 Å². The van der Waals surface area contributed by atoms with Crippen LogP contribution in [-0.2, 0) is 16.1 Å². The Bertz CT molecular complexity index is 809. The molecule has 1 N–H and O–H groups in total. The quantitative estimate of drug-likeness (QED) is 0.854. The fourth-order valence-corrected chi connectivity index (χ4v) is 4.51. The van der Waals surface area contributed by atoms with Crippen LogP contribution >= 0.6 is 11.3 Å². The highest BCUT2D eigenvalue weighted by Crippen LogP contribution is 2.32. The standard InChI is InChI=1S/C19H23N5O2S/c25-16-9-5-11-24(16)19-22-21-18(27-19)23-10-4-8-15(13-23)17(26)20-12-14-6-2-1-3-7-14/h1-3,6-7,15H,4-5,8-13H2,(H,20,26)/t15-/m1/s1. The van der Waals surface area contributed by atoms with Gasteiger partial charge < -0.3 is 10.2 Å². The Balaban J connectivity index is 1.36. The zero-order chi connectivity index (χ0) is 18.6. The van der Waals surface area contributed by atoms with Crippen molar-refractivity contribution >= 4 is 33.4 Å². The summed E-state index contributed by atoms with van der Waals surface area (Å²) in [5.41, 5.74) is 1.10. The van der Waals surface area contributed by atoms with E-state index < -0.39 is 0 Å². The van der Waals surface area contributed by atoms with Crippen LogP contribution in [0.2, 0.25) is 0 Å². The van der Waals surface area contributed by atoms with Crippen molar-refractivity contribution in [2.75, 3.05) is 29.4 Å². The van der Waals surface area contributed by atoms with Gasteiger partial charge in [0.25, 0.3) is 0 Å². The number of aromatic nitrogens is 2. The van der Waals surface area contributed by atoms with Crippen molar-refractivity contribution in [2.24, 2.45) is 5.92 Å². The summed E-state index contributed by atoms with van der Waals surface area (Å²) in [6, 6.07) is 9.94. The summed E-state index contributed by atoms with van der Waals surface area (Å²) in [6.45, 7) is 2.78. The summed E-state index contributed by atoms with van der Waals surface area (Å²) >= 11 is 1.44. The fraction of sp³-hybridized carbons (Fsp3) is 0.474. The maximum atomic E-state index is 12.6. The summed E-state index contributed by atoms with van der Waals surface area (Å²) < 4.78 is 0. The Hall–Kier alpha value is -2.48. The highest BCUT2D eigenvalue weighted by molar-refractivity contribution is 7.19. The van der Waals surface area contributed by atoms with Gasteiger partial charge in [0, 0.05) is 32.6 Å². The molecule has 7 nitrogen and oxygen atoms in total. The first-order valence-corrected chi connectivity index (χ1v) is 10.2. The van der Waals surface area contributed by atoms with E-state index in [4.69, 9.17) is 0 Å². The van der Waals surface area contributed by atoms with Crippen LogP contribution in [0.15, 0.2) is 30.3 Å². The van der Waals surface area contributed by atoms with Crippen molar-refractivity contribution in [2.45, 2.75) is 32.2 Å². The first kappa shape index (κ1) is 17.9. The monoisotopic (exact) mass is 385 g/mol. The second kappa shape index (κ2) is 8.04. The van der Waals surface area contributed by atoms with Crippen LogP contribution in [0.1, 0.15) is 31.2 Å². The van der Waals surface area contributed by atoms with Gasteiger partial charge in [-0.25, -0.2) is 0 Å². The number of hydrogen-bond acceptors (Lipinski definition) is 6. The second-order valence-electron chi connectivity index (χ2n) is 7.00. The van der Waals surface area contributed by atoms with Crippen LogP contribution in [0.25, 0.3) is 0 Å². The SMILES string of the molecule is O=C(NCc1ccccc1)[C@@H]1CCCN(c2nnc(N3CCCC3=O)s2)C1. The molecule has 0 unspecified atom stereocenters. The molecule has 8 heteroatoms. The number of carbonyl (C=O) groups excluding carboxylic acids is 2. The van der Waals surface area contributed by atoms with Crippen LogP contribution < -0.4 is 15.1 Å². The van der Waals surface area contributed by atoms with E-state index in [1.807, 2.05) is 30.3 Å². The van der Waals surface area contributed by atoms with E-state index in [0.717, 1.165) is 43.0 Å². The number of rotatable bonds is 5. The van der Waals surface area contributed by atoms with Crippen LogP contribution in [0.4, 0.5) is 10.3 Å². The first-order chi connectivity index (χ1) is 13.2. The lowest BCUT2D eigenvalue weighted by atomic mass is 9.97. The fourth-order valence-electron chi connectivity index (χ4n) is 3.59. The highest BCUT2D eigenvalue weighted by atomic mass is 32.1. The number of nitrogens with one attached hydrogen (secondary N) is 1. The number of benzene rings is 1. The van der Waals surface area contributed by atoms with Crippen LogP contribution in [0.3, 0.4) is 0 Å². The van der Waals surface area contributed by atoms with Gasteiger partial charge in [-0.05, 0) is 24.8 Å². The van der Waals surface area contributed by atoms with E-state index in [-0.39, 0.29) is 17.7 Å². The van der Waals surface area contributed by atoms with E-state index >= 15 is 0 Å². The molecule has 0 saturated carbocycles. The second-order valence-corrected chi connectivity index (χ2v) is 7.94. The van der Waals surface area contributed by atoms with Gasteiger partial charge in [0.1, 0.15) is 0 Å². The Labute approximate surface area is 162 Å². The predicted octanol–water partition coefficient (Wildman–Crippen LogP) is 2.20. The van der Waals surface area contributed by atoms with Crippen molar-refractivity contribution in [1.29, 1.82) is 0 Å². The summed E-state index contributed by atoms with van der Waals surface area (Å²) in [6.07, 6.45) is 3.29. The van der Waals surface area contributed by atoms with Gasteiger partial charge >= 0.3 is 0 Å². The zero-order valence-electron chi connectivity index (χ0n) is 15.1. The molecule has 0 bridgehead atoms. The molecule has 3 heterocycles. The van der Waals surface area contributed by atoms with Crippen LogP contribution in [-0.4, -0.2) is 41.6 Å². The topological polar surface area (TPSA) is 78.4 Å². The van der Waals surface area contributed by atoms with Crippen LogP contribution in [0.5, 0.6) is 0 Å². The van der Waals surface area contributed by atoms with Crippen molar-refractivity contribution in [3.05, 3.63) is 35.9 Å². The van der Waals surface area contributed by atoms with Gasteiger partial charge in [0.05, 0.1) is 5.92 Å². The highest BCUT2D eigenvalue weighted by Gasteiger charge is 2.29. The van der Waals surface area contributed by atoms with Gasteiger partial charge in [0.15, 0.2) is 0 Å². The number of carbonyl (C=O) groups is 2. The normalized spacial score (nSPS) is 20.1. The molecule has 27 heavy (non-hydrogen) atoms. The molecule has 2 amide bonds. The predicted molar refractivity (Wildman–Crippen MR) is 105 cm³/mol. The lowest BCUT2D eigenvalue weighted by molar-refractivity contribution is -0.125. The lowest BCUT2D eigenvalue weighted by Crippen LogP contribution is -2.43. The van der Waals surface area contributed by atoms with Crippen molar-refractivity contribution in [3.63, 3.8) is 0 Å². The first-order valence-electron chi connectivity index (χ1n) is 9.41. The number of hydrogen-bond donors (Lipinski definition) is 1. The van der Waals surface area contributed by atoms with Gasteiger partial charge in [0.2, 0.25) is 22.1 Å². The third kappa shape index (κ3) is 4.10. The van der Waals surface area contributed by atoms with E-state index in [1.54, 1.807) is 4.90 Å². The molecule has 2 fully saturated rings. The smallest absolute Gasteiger partial charge is 0.228 e. The molecule has 0 radical (unpaired) electrons. The molecular weight excluding hydrogens is 362 g/mol. The third-order valence-electron chi connectivity index (χ3n) is 5.08. The third-order valence-corrected chi connectivity index (χ3v) is 6.09. The van der Waals surface area contributed by atoms with E-state index in [1.165, 1.54) is 11.3 Å². The van der Waals surface area contributed by atoms with E-state index in [0.29, 0.717) is 24.6 Å². The van der Waals surface area contributed by atoms with Crippen molar-refractivity contribution in [3.8, 4) is 0 Å². The lowest BCUT2D eigenvalue weighted by Gasteiger charge is -2.31. The number of amides is 2. The molecule has 2 aliphatic rings. The maximum absolute atomic E-state index is 12.6. The summed E-state index contributed by atoms with van der Waals surface area (Å²) in [4.78, 5) is 28.3. The van der Waals surface area contributed by atoms with Crippen molar-refractivity contribution in [1.82, 2.24) is 15.5 Å². The Morgan fingerprint density at radius 1 is 1.15 bits per heavy atom. The Morgan fingerprint density at radius 2 is 1.96 bits per heavy atom. The van der Waals surface area contributed by atoms with E-state index in [2.05, 4.69) is 20.4 Å². The minimum absolute atomic E-state index is 0.0526. The molecule has 1 aromatic heterocycles. The molecule has 2 aromatic rings. The summed E-state index contributed by atoms with van der Waals surface area (Å²) in [5, 5.41) is 13.0. The average molecular weight is 385 g/mol. The Kier molecular flexibility index (Phi) is 5.33. The maximum Gasteiger partial charge on any atom is 0.228 e. The van der Waals surface area contributed by atoms with Gasteiger partial charge in [-0.2, -0.15) is 0 Å².